The van der Waals surface area contributed by atoms with Gasteiger partial charge in [-0.2, -0.15) is 0 Å². The van der Waals surface area contributed by atoms with E-state index in [1.54, 1.807) is 6.07 Å². The van der Waals surface area contributed by atoms with Crippen molar-refractivity contribution in [2.45, 2.75) is 44.6 Å². The van der Waals surface area contributed by atoms with E-state index in [-0.39, 0.29) is 0 Å². The maximum Gasteiger partial charge on any atom is 0.0817 e. The molecule has 1 unspecified atom stereocenters. The minimum atomic E-state index is -0.536. The molecule has 0 spiro atoms. The van der Waals surface area contributed by atoms with Gasteiger partial charge in [0.2, 0.25) is 0 Å². The van der Waals surface area contributed by atoms with Crippen LogP contribution in [-0.2, 0) is 0 Å². The number of nitrogens with zero attached hydrogens (tertiary/aromatic N) is 1. The molecule has 112 valence electrons. The summed E-state index contributed by atoms with van der Waals surface area (Å²) in [5.74, 6) is 0. The zero-order chi connectivity index (χ0) is 14.4. The fraction of sp³-hybridized carbons (Fsp3) is 0.625. The van der Waals surface area contributed by atoms with Crippen LogP contribution in [0.3, 0.4) is 0 Å². The van der Waals surface area contributed by atoms with Crippen molar-refractivity contribution in [2.75, 3.05) is 19.6 Å². The van der Waals surface area contributed by atoms with Crippen molar-refractivity contribution >= 4 is 23.2 Å². The van der Waals surface area contributed by atoms with Gasteiger partial charge in [0.05, 0.1) is 16.1 Å². The van der Waals surface area contributed by atoms with Crippen LogP contribution in [0.15, 0.2) is 18.2 Å². The number of halogens is 2. The Hall–Kier alpha value is -0.280. The van der Waals surface area contributed by atoms with Crippen LogP contribution in [0.4, 0.5) is 0 Å². The second-order valence-corrected chi connectivity index (χ2v) is 6.34. The summed E-state index contributed by atoms with van der Waals surface area (Å²) >= 11 is 12.1. The van der Waals surface area contributed by atoms with Gasteiger partial charge in [-0.15, -0.1) is 0 Å². The van der Waals surface area contributed by atoms with Crippen LogP contribution in [0.1, 0.15) is 50.2 Å². The zero-order valence-electron chi connectivity index (χ0n) is 11.8. The normalized spacial score (nSPS) is 19.4. The van der Waals surface area contributed by atoms with E-state index >= 15 is 0 Å². The zero-order valence-corrected chi connectivity index (χ0v) is 13.3. The topological polar surface area (TPSA) is 23.5 Å². The van der Waals surface area contributed by atoms with Crippen molar-refractivity contribution in [3.8, 4) is 0 Å². The Morgan fingerprint density at radius 1 is 1.05 bits per heavy atom. The summed E-state index contributed by atoms with van der Waals surface area (Å²) in [7, 11) is 0. The Labute approximate surface area is 131 Å². The largest absolute Gasteiger partial charge is 0.388 e. The summed E-state index contributed by atoms with van der Waals surface area (Å²) in [5, 5.41) is 11.3. The van der Waals surface area contributed by atoms with E-state index in [4.69, 9.17) is 23.2 Å². The molecule has 0 aliphatic carbocycles. The molecular weight excluding hydrogens is 293 g/mol. The first kappa shape index (κ1) is 16.1. The van der Waals surface area contributed by atoms with E-state index in [2.05, 4.69) is 4.90 Å². The van der Waals surface area contributed by atoms with E-state index < -0.39 is 6.10 Å². The molecule has 1 N–H and O–H groups in total. The molecule has 1 aliphatic heterocycles. The van der Waals surface area contributed by atoms with Gasteiger partial charge in [0.15, 0.2) is 0 Å². The van der Waals surface area contributed by atoms with Crippen LogP contribution in [0.5, 0.6) is 0 Å². The highest BCUT2D eigenvalue weighted by Gasteiger charge is 2.15. The summed E-state index contributed by atoms with van der Waals surface area (Å²) in [4.78, 5) is 2.46. The molecule has 1 fully saturated rings. The number of rotatable bonds is 4. The minimum Gasteiger partial charge on any atom is -0.388 e. The lowest BCUT2D eigenvalue weighted by atomic mass is 10.0. The Morgan fingerprint density at radius 3 is 2.40 bits per heavy atom. The summed E-state index contributed by atoms with van der Waals surface area (Å²) in [6.07, 6.45) is 6.75. The van der Waals surface area contributed by atoms with Crippen molar-refractivity contribution in [1.82, 2.24) is 4.90 Å². The molecule has 2 rings (SSSR count). The second-order valence-electron chi connectivity index (χ2n) is 5.56. The molecule has 2 nitrogen and oxygen atoms in total. The van der Waals surface area contributed by atoms with E-state index in [9.17, 15) is 5.11 Å². The van der Waals surface area contributed by atoms with E-state index in [1.165, 1.54) is 32.1 Å². The maximum absolute atomic E-state index is 10.3. The third-order valence-electron chi connectivity index (χ3n) is 4.01. The lowest BCUT2D eigenvalue weighted by molar-refractivity contribution is 0.138. The molecule has 0 amide bonds. The molecule has 1 saturated heterocycles. The van der Waals surface area contributed by atoms with Gasteiger partial charge in [0.25, 0.3) is 0 Å². The standard InChI is InChI=1S/C16H23Cl2NO/c17-14-8-6-7-13(16(14)18)15(20)9-12-19-10-4-2-1-3-5-11-19/h6-8,15,20H,1-5,9-12H2. The van der Waals surface area contributed by atoms with Crippen molar-refractivity contribution in [1.29, 1.82) is 0 Å². The molecule has 1 aliphatic rings. The fourth-order valence-electron chi connectivity index (χ4n) is 2.77. The first-order valence-electron chi connectivity index (χ1n) is 7.53. The lowest BCUT2D eigenvalue weighted by Gasteiger charge is -2.25. The molecule has 1 aromatic carbocycles. The summed E-state index contributed by atoms with van der Waals surface area (Å²) in [6, 6.07) is 5.44. The fourth-order valence-corrected chi connectivity index (χ4v) is 3.21. The Bertz CT molecular complexity index is 417. The molecule has 0 aromatic heterocycles. The summed E-state index contributed by atoms with van der Waals surface area (Å²) < 4.78 is 0. The van der Waals surface area contributed by atoms with Gasteiger partial charge in [-0.3, -0.25) is 0 Å². The minimum absolute atomic E-state index is 0.481. The number of benzene rings is 1. The van der Waals surface area contributed by atoms with Crippen LogP contribution in [-0.4, -0.2) is 29.6 Å². The highest BCUT2D eigenvalue weighted by molar-refractivity contribution is 6.42. The summed E-state index contributed by atoms with van der Waals surface area (Å²) in [6.45, 7) is 3.22. The van der Waals surface area contributed by atoms with E-state index in [0.717, 1.165) is 25.2 Å². The van der Waals surface area contributed by atoms with Crippen LogP contribution >= 0.6 is 23.2 Å². The highest BCUT2D eigenvalue weighted by Crippen LogP contribution is 2.31. The Kier molecular flexibility index (Phi) is 6.63. The second kappa shape index (κ2) is 8.23. The lowest BCUT2D eigenvalue weighted by Crippen LogP contribution is -2.29. The molecule has 0 bridgehead atoms. The average Bonchev–Trinajstić information content (AvgIpc) is 2.40. The first-order valence-corrected chi connectivity index (χ1v) is 8.28. The van der Waals surface area contributed by atoms with Crippen LogP contribution in [0.2, 0.25) is 10.0 Å². The predicted molar refractivity (Wildman–Crippen MR) is 85.6 cm³/mol. The third kappa shape index (κ3) is 4.63. The Balaban J connectivity index is 1.87. The smallest absolute Gasteiger partial charge is 0.0817 e. The van der Waals surface area contributed by atoms with Gasteiger partial charge in [0, 0.05) is 12.1 Å². The average molecular weight is 316 g/mol. The van der Waals surface area contributed by atoms with Crippen molar-refractivity contribution < 1.29 is 5.11 Å². The van der Waals surface area contributed by atoms with Crippen molar-refractivity contribution in [2.24, 2.45) is 0 Å². The number of hydrogen-bond acceptors (Lipinski definition) is 2. The highest BCUT2D eigenvalue weighted by atomic mass is 35.5. The van der Waals surface area contributed by atoms with Gasteiger partial charge < -0.3 is 10.0 Å². The molecule has 0 radical (unpaired) electrons. The van der Waals surface area contributed by atoms with E-state index in [0.29, 0.717) is 16.5 Å². The molecule has 1 heterocycles. The maximum atomic E-state index is 10.3. The number of hydrogen-bond donors (Lipinski definition) is 1. The van der Waals surface area contributed by atoms with Gasteiger partial charge in [0.1, 0.15) is 0 Å². The van der Waals surface area contributed by atoms with Crippen LogP contribution < -0.4 is 0 Å². The van der Waals surface area contributed by atoms with Crippen LogP contribution in [0.25, 0.3) is 0 Å². The monoisotopic (exact) mass is 315 g/mol. The van der Waals surface area contributed by atoms with Crippen molar-refractivity contribution in [3.05, 3.63) is 33.8 Å². The van der Waals surface area contributed by atoms with Gasteiger partial charge in [-0.1, -0.05) is 54.6 Å². The van der Waals surface area contributed by atoms with Crippen molar-refractivity contribution in [3.63, 3.8) is 0 Å². The van der Waals surface area contributed by atoms with E-state index in [1.807, 2.05) is 12.1 Å². The van der Waals surface area contributed by atoms with Gasteiger partial charge in [-0.05, 0) is 38.4 Å². The quantitative estimate of drug-likeness (QED) is 0.871. The molecule has 1 atom stereocenters. The van der Waals surface area contributed by atoms with Crippen LogP contribution in [0, 0.1) is 0 Å². The number of likely N-dealkylation sites (tertiary alicyclic amines) is 1. The molecule has 1 aromatic rings. The number of aliphatic hydroxyl groups excluding tert-OH is 1. The molecular formula is C16H23Cl2NO. The molecule has 20 heavy (non-hydrogen) atoms. The summed E-state index contributed by atoms with van der Waals surface area (Å²) in [5.41, 5.74) is 0.742. The Morgan fingerprint density at radius 2 is 1.70 bits per heavy atom. The first-order chi connectivity index (χ1) is 9.68. The third-order valence-corrected chi connectivity index (χ3v) is 4.84. The number of aliphatic hydroxyl groups is 1. The molecule has 4 heteroatoms. The van der Waals surface area contributed by atoms with Gasteiger partial charge >= 0.3 is 0 Å². The molecule has 0 saturated carbocycles. The SMILES string of the molecule is OC(CCN1CCCCCCC1)c1cccc(Cl)c1Cl. The predicted octanol–water partition coefficient (Wildman–Crippen LogP) is 4.68. The van der Waals surface area contributed by atoms with Gasteiger partial charge in [-0.25, -0.2) is 0 Å².